The average Bonchev–Trinajstić information content (AvgIpc) is 2.50. The Morgan fingerprint density at radius 2 is 2.07 bits per heavy atom. The highest BCUT2D eigenvalue weighted by Gasteiger charge is 2.28. The monoisotopic (exact) mass is 197 g/mol. The van der Waals surface area contributed by atoms with Crippen LogP contribution in [0.25, 0.3) is 0 Å². The van der Waals surface area contributed by atoms with E-state index in [1.807, 2.05) is 4.90 Å². The minimum absolute atomic E-state index is 0.000602. The molecule has 3 heteroatoms. The molecule has 1 atom stereocenters. The summed E-state index contributed by atoms with van der Waals surface area (Å²) in [6, 6.07) is 0. The highest BCUT2D eigenvalue weighted by atomic mass is 16.2. The molecule has 0 aromatic carbocycles. The second-order valence-corrected chi connectivity index (χ2v) is 4.51. The molecule has 14 heavy (non-hydrogen) atoms. The third-order valence-electron chi connectivity index (χ3n) is 2.92. The van der Waals surface area contributed by atoms with Crippen LogP contribution in [-0.2, 0) is 9.59 Å². The van der Waals surface area contributed by atoms with Crippen molar-refractivity contribution < 1.29 is 9.59 Å². The molecule has 0 spiro atoms. The molecule has 0 saturated carbocycles. The fourth-order valence-electron chi connectivity index (χ4n) is 1.88. The molecule has 80 valence electrons. The number of nitrogens with zero attached hydrogens (tertiary/aromatic N) is 1. The summed E-state index contributed by atoms with van der Waals surface area (Å²) in [4.78, 5) is 24.1. The van der Waals surface area contributed by atoms with Gasteiger partial charge in [-0.25, -0.2) is 0 Å². The van der Waals surface area contributed by atoms with Crippen LogP contribution < -0.4 is 0 Å². The van der Waals surface area contributed by atoms with E-state index in [4.69, 9.17) is 0 Å². The standard InChI is InChI=1S/C11H19NO2/c1-8(2)10-4-5-12(7-10)11(14)6-9(3)13/h8,10H,4-7H2,1-3H3. The number of carbonyl (C=O) groups is 2. The van der Waals surface area contributed by atoms with E-state index in [1.54, 1.807) is 0 Å². The van der Waals surface area contributed by atoms with Gasteiger partial charge in [0.15, 0.2) is 0 Å². The van der Waals surface area contributed by atoms with Crippen LogP contribution in [0.2, 0.25) is 0 Å². The molecule has 1 rings (SSSR count). The highest BCUT2D eigenvalue weighted by molar-refractivity contribution is 5.96. The Hall–Kier alpha value is -0.860. The number of hydrogen-bond donors (Lipinski definition) is 0. The van der Waals surface area contributed by atoms with Crippen LogP contribution in [0, 0.1) is 11.8 Å². The second-order valence-electron chi connectivity index (χ2n) is 4.51. The minimum Gasteiger partial charge on any atom is -0.342 e. The van der Waals surface area contributed by atoms with Gasteiger partial charge in [0, 0.05) is 13.1 Å². The largest absolute Gasteiger partial charge is 0.342 e. The Morgan fingerprint density at radius 3 is 2.50 bits per heavy atom. The Balaban J connectivity index is 2.41. The van der Waals surface area contributed by atoms with E-state index in [9.17, 15) is 9.59 Å². The lowest BCUT2D eigenvalue weighted by Crippen LogP contribution is -2.30. The molecular formula is C11H19NO2. The lowest BCUT2D eigenvalue weighted by atomic mass is 9.95. The fourth-order valence-corrected chi connectivity index (χ4v) is 1.88. The molecule has 0 aromatic rings. The van der Waals surface area contributed by atoms with Crippen LogP contribution >= 0.6 is 0 Å². The van der Waals surface area contributed by atoms with Crippen LogP contribution in [0.5, 0.6) is 0 Å². The molecule has 1 heterocycles. The van der Waals surface area contributed by atoms with Gasteiger partial charge >= 0.3 is 0 Å². The van der Waals surface area contributed by atoms with E-state index in [1.165, 1.54) is 6.92 Å². The van der Waals surface area contributed by atoms with Crippen molar-refractivity contribution in [3.63, 3.8) is 0 Å². The molecule has 1 amide bonds. The molecule has 0 N–H and O–H groups in total. The smallest absolute Gasteiger partial charge is 0.230 e. The molecule has 1 aliphatic rings. The van der Waals surface area contributed by atoms with Gasteiger partial charge in [-0.15, -0.1) is 0 Å². The first-order chi connectivity index (χ1) is 6.50. The van der Waals surface area contributed by atoms with Gasteiger partial charge in [-0.05, 0) is 25.2 Å². The average molecular weight is 197 g/mol. The summed E-state index contributed by atoms with van der Waals surface area (Å²) in [5.41, 5.74) is 0. The van der Waals surface area contributed by atoms with Crippen molar-refractivity contribution in [2.75, 3.05) is 13.1 Å². The Bertz CT molecular complexity index is 235. The highest BCUT2D eigenvalue weighted by Crippen LogP contribution is 2.23. The number of carbonyl (C=O) groups excluding carboxylic acids is 2. The number of rotatable bonds is 3. The van der Waals surface area contributed by atoms with Crippen LogP contribution in [-0.4, -0.2) is 29.7 Å². The van der Waals surface area contributed by atoms with Crippen molar-refractivity contribution in [2.24, 2.45) is 11.8 Å². The Kier molecular flexibility index (Phi) is 3.67. The van der Waals surface area contributed by atoms with Crippen molar-refractivity contribution in [3.05, 3.63) is 0 Å². The maximum Gasteiger partial charge on any atom is 0.230 e. The van der Waals surface area contributed by atoms with Gasteiger partial charge in [0.25, 0.3) is 0 Å². The SMILES string of the molecule is CC(=O)CC(=O)N1CCC(C(C)C)C1. The molecule has 1 saturated heterocycles. The number of Topliss-reactive ketones (excluding diaryl/α,β-unsaturated/α-hetero) is 1. The van der Waals surface area contributed by atoms with E-state index in [0.717, 1.165) is 19.5 Å². The van der Waals surface area contributed by atoms with Crippen molar-refractivity contribution in [1.82, 2.24) is 4.90 Å². The van der Waals surface area contributed by atoms with Gasteiger partial charge in [0.2, 0.25) is 5.91 Å². The first-order valence-electron chi connectivity index (χ1n) is 5.28. The van der Waals surface area contributed by atoms with Crippen LogP contribution in [0.15, 0.2) is 0 Å². The second kappa shape index (κ2) is 4.58. The van der Waals surface area contributed by atoms with Crippen LogP contribution in [0.3, 0.4) is 0 Å². The summed E-state index contributed by atoms with van der Waals surface area (Å²) in [6.45, 7) is 7.50. The normalized spacial score (nSPS) is 21.7. The zero-order valence-electron chi connectivity index (χ0n) is 9.25. The van der Waals surface area contributed by atoms with E-state index in [-0.39, 0.29) is 18.1 Å². The van der Waals surface area contributed by atoms with Gasteiger partial charge in [0.1, 0.15) is 5.78 Å². The summed E-state index contributed by atoms with van der Waals surface area (Å²) in [5, 5.41) is 0. The van der Waals surface area contributed by atoms with Crippen molar-refractivity contribution in [1.29, 1.82) is 0 Å². The van der Waals surface area contributed by atoms with E-state index < -0.39 is 0 Å². The van der Waals surface area contributed by atoms with Crippen LogP contribution in [0.4, 0.5) is 0 Å². The van der Waals surface area contributed by atoms with Gasteiger partial charge in [-0.1, -0.05) is 13.8 Å². The van der Waals surface area contributed by atoms with Gasteiger partial charge in [-0.2, -0.15) is 0 Å². The summed E-state index contributed by atoms with van der Waals surface area (Å²) < 4.78 is 0. The Labute approximate surface area is 85.5 Å². The lowest BCUT2D eigenvalue weighted by molar-refractivity contribution is -0.134. The van der Waals surface area contributed by atoms with Gasteiger partial charge < -0.3 is 4.90 Å². The molecular weight excluding hydrogens is 178 g/mol. The third kappa shape index (κ3) is 2.82. The summed E-state index contributed by atoms with van der Waals surface area (Å²) in [7, 11) is 0. The lowest BCUT2D eigenvalue weighted by Gasteiger charge is -2.17. The van der Waals surface area contributed by atoms with Crippen molar-refractivity contribution >= 4 is 11.7 Å². The third-order valence-corrected chi connectivity index (χ3v) is 2.92. The molecule has 0 bridgehead atoms. The maximum absolute atomic E-state index is 11.5. The molecule has 0 aromatic heterocycles. The van der Waals surface area contributed by atoms with Gasteiger partial charge in [-0.3, -0.25) is 9.59 Å². The molecule has 0 radical (unpaired) electrons. The van der Waals surface area contributed by atoms with Crippen molar-refractivity contribution in [2.45, 2.75) is 33.6 Å². The number of ketones is 1. The summed E-state index contributed by atoms with van der Waals surface area (Å²) in [6.07, 6.45) is 1.16. The zero-order valence-corrected chi connectivity index (χ0v) is 9.25. The topological polar surface area (TPSA) is 37.4 Å². The quantitative estimate of drug-likeness (QED) is 0.642. The van der Waals surface area contributed by atoms with E-state index in [2.05, 4.69) is 13.8 Å². The number of likely N-dealkylation sites (tertiary alicyclic amines) is 1. The summed E-state index contributed by atoms with van der Waals surface area (Å²) in [5.74, 6) is 1.21. The molecule has 3 nitrogen and oxygen atoms in total. The van der Waals surface area contributed by atoms with E-state index >= 15 is 0 Å². The fraction of sp³-hybridized carbons (Fsp3) is 0.818. The predicted octanol–water partition coefficient (Wildman–Crippen LogP) is 1.47. The number of hydrogen-bond acceptors (Lipinski definition) is 2. The molecule has 0 aliphatic carbocycles. The zero-order chi connectivity index (χ0) is 10.7. The van der Waals surface area contributed by atoms with Gasteiger partial charge in [0.05, 0.1) is 6.42 Å². The predicted molar refractivity (Wildman–Crippen MR) is 54.8 cm³/mol. The summed E-state index contributed by atoms with van der Waals surface area (Å²) >= 11 is 0. The first kappa shape index (κ1) is 11.2. The van der Waals surface area contributed by atoms with E-state index in [0.29, 0.717) is 11.8 Å². The Morgan fingerprint density at radius 1 is 1.43 bits per heavy atom. The maximum atomic E-state index is 11.5. The van der Waals surface area contributed by atoms with Crippen LogP contribution in [0.1, 0.15) is 33.6 Å². The molecule has 1 unspecified atom stereocenters. The first-order valence-corrected chi connectivity index (χ1v) is 5.28. The number of amides is 1. The molecule has 1 fully saturated rings. The molecule has 1 aliphatic heterocycles. The minimum atomic E-state index is -0.0389. The van der Waals surface area contributed by atoms with Crippen molar-refractivity contribution in [3.8, 4) is 0 Å².